The van der Waals surface area contributed by atoms with Crippen LogP contribution in [0.15, 0.2) is 0 Å². The zero-order valence-corrected chi connectivity index (χ0v) is 7.36. The molecule has 1 heterocycles. The molecule has 1 saturated heterocycles. The minimum Gasteiger partial charge on any atom is -0.390 e. The van der Waals surface area contributed by atoms with Crippen LogP contribution in [-0.2, 0) is 9.47 Å². The molecule has 1 N–H and O–H groups in total. The molecule has 68 valence electrons. The van der Waals surface area contributed by atoms with Gasteiger partial charge in [0.1, 0.15) is 6.10 Å². The van der Waals surface area contributed by atoms with Gasteiger partial charge in [0, 0.05) is 0 Å². The molecular weight excluding hydrogens is 156 g/mol. The van der Waals surface area contributed by atoms with Crippen molar-refractivity contribution >= 4 is 0 Å². The lowest BCUT2D eigenvalue weighted by Crippen LogP contribution is -2.31. The topological polar surface area (TPSA) is 38.7 Å². The van der Waals surface area contributed by atoms with E-state index in [4.69, 9.17) is 9.47 Å². The van der Waals surface area contributed by atoms with E-state index in [1.54, 1.807) is 0 Å². The molecule has 5 atom stereocenters. The van der Waals surface area contributed by atoms with Gasteiger partial charge in [0.2, 0.25) is 0 Å². The van der Waals surface area contributed by atoms with Crippen molar-refractivity contribution in [1.82, 2.24) is 0 Å². The lowest BCUT2D eigenvalue weighted by molar-refractivity contribution is -0.162. The van der Waals surface area contributed by atoms with Crippen LogP contribution in [0.25, 0.3) is 0 Å². The van der Waals surface area contributed by atoms with Crippen molar-refractivity contribution < 1.29 is 14.6 Å². The summed E-state index contributed by atoms with van der Waals surface area (Å²) in [7, 11) is 0. The van der Waals surface area contributed by atoms with Gasteiger partial charge in [0.25, 0.3) is 0 Å². The SMILES string of the molecule is CC1(C)OC2[C@@H](O)C3CC3[C@H]2O1. The van der Waals surface area contributed by atoms with Crippen molar-refractivity contribution in [2.24, 2.45) is 11.8 Å². The van der Waals surface area contributed by atoms with Gasteiger partial charge in [-0.05, 0) is 32.1 Å². The number of hydrogen-bond acceptors (Lipinski definition) is 3. The average molecular weight is 170 g/mol. The predicted octanol–water partition coefficient (Wildman–Crippen LogP) is 0.517. The first-order chi connectivity index (χ1) is 5.58. The highest BCUT2D eigenvalue weighted by atomic mass is 16.8. The Bertz CT molecular complexity index is 218. The Morgan fingerprint density at radius 3 is 2.50 bits per heavy atom. The summed E-state index contributed by atoms with van der Waals surface area (Å²) >= 11 is 0. The third-order valence-corrected chi connectivity index (χ3v) is 3.25. The molecule has 0 aromatic rings. The van der Waals surface area contributed by atoms with Crippen molar-refractivity contribution in [3.05, 3.63) is 0 Å². The smallest absolute Gasteiger partial charge is 0.163 e. The van der Waals surface area contributed by atoms with E-state index in [2.05, 4.69) is 0 Å². The highest BCUT2D eigenvalue weighted by molar-refractivity contribution is 5.12. The minimum atomic E-state index is -0.482. The fraction of sp³-hybridized carbons (Fsp3) is 1.00. The summed E-state index contributed by atoms with van der Waals surface area (Å²) in [5.74, 6) is 0.562. The van der Waals surface area contributed by atoms with Gasteiger partial charge >= 0.3 is 0 Å². The summed E-state index contributed by atoms with van der Waals surface area (Å²) < 4.78 is 11.3. The molecule has 12 heavy (non-hydrogen) atoms. The molecule has 1 aliphatic heterocycles. The monoisotopic (exact) mass is 170 g/mol. The molecule has 3 unspecified atom stereocenters. The molecule has 0 aromatic carbocycles. The number of fused-ring (bicyclic) bond motifs is 3. The van der Waals surface area contributed by atoms with E-state index in [-0.39, 0.29) is 18.3 Å². The first kappa shape index (κ1) is 7.30. The number of aliphatic hydroxyl groups excluding tert-OH is 1. The van der Waals surface area contributed by atoms with Crippen LogP contribution in [0.3, 0.4) is 0 Å². The molecule has 0 radical (unpaired) electrons. The Balaban J connectivity index is 1.86. The van der Waals surface area contributed by atoms with Crippen LogP contribution < -0.4 is 0 Å². The zero-order chi connectivity index (χ0) is 8.51. The van der Waals surface area contributed by atoms with Gasteiger partial charge < -0.3 is 14.6 Å². The number of aliphatic hydroxyl groups is 1. The van der Waals surface area contributed by atoms with Crippen molar-refractivity contribution in [2.45, 2.75) is 44.4 Å². The fourth-order valence-electron chi connectivity index (χ4n) is 2.66. The summed E-state index contributed by atoms with van der Waals surface area (Å²) in [5, 5.41) is 9.74. The van der Waals surface area contributed by atoms with Crippen LogP contribution in [0, 0.1) is 11.8 Å². The molecule has 0 bridgehead atoms. The number of ether oxygens (including phenoxy) is 2. The molecule has 3 fully saturated rings. The third-order valence-electron chi connectivity index (χ3n) is 3.25. The standard InChI is InChI=1S/C9H14O3/c1-9(2)11-7-5-3-4(5)6(10)8(7)12-9/h4-8,10H,3H2,1-2H3/t4?,5?,6-,7+,8?/m0/s1. The molecule has 0 amide bonds. The van der Waals surface area contributed by atoms with Crippen LogP contribution >= 0.6 is 0 Å². The molecule has 3 rings (SSSR count). The van der Waals surface area contributed by atoms with Gasteiger partial charge in [-0.15, -0.1) is 0 Å². The first-order valence-electron chi connectivity index (χ1n) is 4.62. The molecular formula is C9H14O3. The number of hydrogen-bond donors (Lipinski definition) is 1. The zero-order valence-electron chi connectivity index (χ0n) is 7.36. The largest absolute Gasteiger partial charge is 0.390 e. The maximum absolute atomic E-state index is 9.74. The highest BCUT2D eigenvalue weighted by Crippen LogP contribution is 2.57. The van der Waals surface area contributed by atoms with Gasteiger partial charge in [0.05, 0.1) is 12.2 Å². The Morgan fingerprint density at radius 2 is 1.83 bits per heavy atom. The second-order valence-electron chi connectivity index (χ2n) is 4.62. The van der Waals surface area contributed by atoms with Crippen LogP contribution in [0.2, 0.25) is 0 Å². The van der Waals surface area contributed by atoms with E-state index in [1.165, 1.54) is 0 Å². The average Bonchev–Trinajstić information content (AvgIpc) is 2.62. The Labute approximate surface area is 71.7 Å². The van der Waals surface area contributed by atoms with Crippen LogP contribution in [0.4, 0.5) is 0 Å². The van der Waals surface area contributed by atoms with Gasteiger partial charge in [-0.2, -0.15) is 0 Å². The van der Waals surface area contributed by atoms with E-state index < -0.39 is 5.79 Å². The van der Waals surface area contributed by atoms with Crippen LogP contribution in [-0.4, -0.2) is 29.2 Å². The minimum absolute atomic E-state index is 0.0521. The van der Waals surface area contributed by atoms with E-state index in [9.17, 15) is 5.11 Å². The lowest BCUT2D eigenvalue weighted by atomic mass is 10.1. The second kappa shape index (κ2) is 1.86. The summed E-state index contributed by atoms with van der Waals surface area (Å²) in [6.45, 7) is 3.82. The van der Waals surface area contributed by atoms with E-state index in [0.29, 0.717) is 11.8 Å². The molecule has 2 aliphatic carbocycles. The van der Waals surface area contributed by atoms with Gasteiger partial charge in [-0.1, -0.05) is 0 Å². The van der Waals surface area contributed by atoms with Crippen molar-refractivity contribution in [2.75, 3.05) is 0 Å². The highest BCUT2D eigenvalue weighted by Gasteiger charge is 2.65. The second-order valence-corrected chi connectivity index (χ2v) is 4.62. The molecule has 0 spiro atoms. The van der Waals surface area contributed by atoms with Crippen molar-refractivity contribution in [3.8, 4) is 0 Å². The summed E-state index contributed by atoms with van der Waals surface area (Å²) in [6.07, 6.45) is 0.965. The van der Waals surface area contributed by atoms with E-state index in [0.717, 1.165) is 6.42 Å². The normalized spacial score (nSPS) is 59.8. The molecule has 3 heteroatoms. The third kappa shape index (κ3) is 0.767. The molecule has 2 saturated carbocycles. The first-order valence-corrected chi connectivity index (χ1v) is 4.62. The predicted molar refractivity (Wildman–Crippen MR) is 41.4 cm³/mol. The summed E-state index contributed by atoms with van der Waals surface area (Å²) in [6, 6.07) is 0. The Hall–Kier alpha value is -0.120. The van der Waals surface area contributed by atoms with Crippen molar-refractivity contribution in [3.63, 3.8) is 0 Å². The van der Waals surface area contributed by atoms with Crippen LogP contribution in [0.1, 0.15) is 20.3 Å². The maximum atomic E-state index is 9.74. The quantitative estimate of drug-likeness (QED) is 0.576. The van der Waals surface area contributed by atoms with Gasteiger partial charge in [-0.3, -0.25) is 0 Å². The van der Waals surface area contributed by atoms with Gasteiger partial charge in [-0.25, -0.2) is 0 Å². The summed E-state index contributed by atoms with van der Waals surface area (Å²) in [4.78, 5) is 0. The van der Waals surface area contributed by atoms with Gasteiger partial charge in [0.15, 0.2) is 5.79 Å². The van der Waals surface area contributed by atoms with Crippen molar-refractivity contribution in [1.29, 1.82) is 0 Å². The lowest BCUT2D eigenvalue weighted by Gasteiger charge is -2.19. The maximum Gasteiger partial charge on any atom is 0.163 e. The Kier molecular flexibility index (Phi) is 1.13. The molecule has 0 aromatic heterocycles. The molecule has 3 aliphatic rings. The Morgan fingerprint density at radius 1 is 1.17 bits per heavy atom. The molecule has 3 nitrogen and oxygen atoms in total. The van der Waals surface area contributed by atoms with Crippen LogP contribution in [0.5, 0.6) is 0 Å². The summed E-state index contributed by atoms with van der Waals surface area (Å²) in [5.41, 5.74) is 0. The fourth-order valence-corrected chi connectivity index (χ4v) is 2.66. The van der Waals surface area contributed by atoms with E-state index in [1.807, 2.05) is 13.8 Å². The number of rotatable bonds is 0. The van der Waals surface area contributed by atoms with E-state index >= 15 is 0 Å².